The van der Waals surface area contributed by atoms with Crippen LogP contribution in [0, 0.1) is 11.3 Å². The van der Waals surface area contributed by atoms with Gasteiger partial charge in [0.2, 0.25) is 0 Å². The monoisotopic (exact) mass is 139 g/mol. The Hall–Kier alpha value is -1.30. The van der Waals surface area contributed by atoms with E-state index >= 15 is 0 Å². The molecule has 0 aromatic carbocycles. The van der Waals surface area contributed by atoms with Crippen LogP contribution < -0.4 is 0 Å². The van der Waals surface area contributed by atoms with Gasteiger partial charge in [0.05, 0.1) is 18.9 Å². The molecule has 3 heteroatoms. The Kier molecular flexibility index (Phi) is 3.97. The molecule has 0 amide bonds. The van der Waals surface area contributed by atoms with Crippen LogP contribution in [0.4, 0.5) is 0 Å². The Morgan fingerprint density at radius 1 is 1.80 bits per heavy atom. The van der Waals surface area contributed by atoms with Crippen LogP contribution in [-0.2, 0) is 4.79 Å². The Balaban J connectivity index is 3.71. The van der Waals surface area contributed by atoms with E-state index in [-0.39, 0.29) is 6.42 Å². The number of rotatable bonds is 3. The largest absolute Gasteiger partial charge is 0.481 e. The Bertz CT molecular complexity index is 188. The summed E-state index contributed by atoms with van der Waals surface area (Å²) in [5.41, 5.74) is 0.810. The zero-order chi connectivity index (χ0) is 7.98. The maximum absolute atomic E-state index is 9.98. The summed E-state index contributed by atoms with van der Waals surface area (Å²) in [6, 6.07) is 1.93. The lowest BCUT2D eigenvalue weighted by molar-refractivity contribution is -0.136. The van der Waals surface area contributed by atoms with E-state index in [1.807, 2.05) is 6.07 Å². The summed E-state index contributed by atoms with van der Waals surface area (Å²) in [5.74, 6) is -0.864. The van der Waals surface area contributed by atoms with Crippen molar-refractivity contribution in [2.45, 2.75) is 19.8 Å². The fourth-order valence-corrected chi connectivity index (χ4v) is 0.458. The van der Waals surface area contributed by atoms with Crippen LogP contribution in [0.2, 0.25) is 0 Å². The van der Waals surface area contributed by atoms with E-state index < -0.39 is 5.97 Å². The number of hydrogen-bond donors (Lipinski definition) is 1. The molecule has 54 valence electrons. The van der Waals surface area contributed by atoms with Crippen molar-refractivity contribution in [3.8, 4) is 6.07 Å². The summed E-state index contributed by atoms with van der Waals surface area (Å²) >= 11 is 0. The molecule has 3 nitrogen and oxygen atoms in total. The smallest absolute Gasteiger partial charge is 0.307 e. The van der Waals surface area contributed by atoms with Gasteiger partial charge in [-0.05, 0) is 6.92 Å². The molecule has 0 aliphatic carbocycles. The number of allylic oxidation sites excluding steroid dienone is 1. The van der Waals surface area contributed by atoms with Crippen molar-refractivity contribution in [3.63, 3.8) is 0 Å². The van der Waals surface area contributed by atoms with E-state index in [0.717, 1.165) is 5.57 Å². The van der Waals surface area contributed by atoms with Crippen molar-refractivity contribution >= 4 is 5.97 Å². The van der Waals surface area contributed by atoms with Gasteiger partial charge >= 0.3 is 5.97 Å². The Morgan fingerprint density at radius 3 is 2.80 bits per heavy atom. The van der Waals surface area contributed by atoms with Gasteiger partial charge in [0.1, 0.15) is 0 Å². The molecular weight excluding hydrogens is 130 g/mol. The van der Waals surface area contributed by atoms with Crippen LogP contribution in [0.25, 0.3) is 0 Å². The molecule has 10 heavy (non-hydrogen) atoms. The average molecular weight is 139 g/mol. The van der Waals surface area contributed by atoms with E-state index in [0.29, 0.717) is 6.42 Å². The van der Waals surface area contributed by atoms with Gasteiger partial charge in [0.15, 0.2) is 0 Å². The van der Waals surface area contributed by atoms with Crippen LogP contribution in [0.15, 0.2) is 11.6 Å². The van der Waals surface area contributed by atoms with Crippen LogP contribution in [-0.4, -0.2) is 11.1 Å². The minimum absolute atomic E-state index is 0.00745. The summed E-state index contributed by atoms with van der Waals surface area (Å²) in [6.07, 6.45) is 1.87. The molecule has 0 rings (SSSR count). The third-order valence-electron chi connectivity index (χ3n) is 0.983. The minimum atomic E-state index is -0.864. The number of carboxylic acids is 1. The standard InChI is InChI=1S/C7H9NO2/c1-6(4-5-8)2-3-7(9)10/h2H,3-4H2,1H3,(H,9,10)/b6-2+. The molecule has 0 radical (unpaired) electrons. The van der Waals surface area contributed by atoms with Crippen molar-refractivity contribution in [3.05, 3.63) is 11.6 Å². The Labute approximate surface area is 59.6 Å². The lowest BCUT2D eigenvalue weighted by atomic mass is 10.2. The van der Waals surface area contributed by atoms with Gasteiger partial charge in [0.25, 0.3) is 0 Å². The van der Waals surface area contributed by atoms with Gasteiger partial charge in [-0.2, -0.15) is 5.26 Å². The lowest BCUT2D eigenvalue weighted by Crippen LogP contribution is -1.90. The molecule has 0 saturated carbocycles. The van der Waals surface area contributed by atoms with Crippen molar-refractivity contribution < 1.29 is 9.90 Å². The second kappa shape index (κ2) is 4.57. The van der Waals surface area contributed by atoms with E-state index in [4.69, 9.17) is 10.4 Å². The zero-order valence-corrected chi connectivity index (χ0v) is 5.79. The Morgan fingerprint density at radius 2 is 2.40 bits per heavy atom. The van der Waals surface area contributed by atoms with Gasteiger partial charge in [-0.25, -0.2) is 0 Å². The summed E-state index contributed by atoms with van der Waals surface area (Å²) in [7, 11) is 0. The molecule has 0 fully saturated rings. The number of nitriles is 1. The third kappa shape index (κ3) is 4.85. The molecule has 0 atom stereocenters. The molecule has 0 aromatic heterocycles. The lowest BCUT2D eigenvalue weighted by Gasteiger charge is -1.89. The highest BCUT2D eigenvalue weighted by atomic mass is 16.4. The SMILES string of the molecule is C/C(=C\CC(=O)O)CC#N. The first-order valence-electron chi connectivity index (χ1n) is 2.91. The third-order valence-corrected chi connectivity index (χ3v) is 0.983. The topological polar surface area (TPSA) is 61.1 Å². The van der Waals surface area contributed by atoms with Crippen molar-refractivity contribution in [1.82, 2.24) is 0 Å². The molecule has 0 heterocycles. The van der Waals surface area contributed by atoms with Crippen molar-refractivity contribution in [2.75, 3.05) is 0 Å². The highest BCUT2D eigenvalue weighted by molar-refractivity contribution is 5.68. The van der Waals surface area contributed by atoms with Crippen LogP contribution in [0.1, 0.15) is 19.8 Å². The summed E-state index contributed by atoms with van der Waals surface area (Å²) in [4.78, 5) is 9.98. The van der Waals surface area contributed by atoms with Crippen LogP contribution >= 0.6 is 0 Å². The van der Waals surface area contributed by atoms with E-state index in [2.05, 4.69) is 0 Å². The van der Waals surface area contributed by atoms with Crippen LogP contribution in [0.5, 0.6) is 0 Å². The van der Waals surface area contributed by atoms with Gasteiger partial charge in [-0.15, -0.1) is 0 Å². The van der Waals surface area contributed by atoms with Crippen LogP contribution in [0.3, 0.4) is 0 Å². The number of hydrogen-bond acceptors (Lipinski definition) is 2. The summed E-state index contributed by atoms with van der Waals surface area (Å²) < 4.78 is 0. The average Bonchev–Trinajstić information content (AvgIpc) is 1.85. The van der Waals surface area contributed by atoms with Crippen molar-refractivity contribution in [1.29, 1.82) is 5.26 Å². The summed E-state index contributed by atoms with van der Waals surface area (Å²) in [6.45, 7) is 1.74. The highest BCUT2D eigenvalue weighted by Gasteiger charge is 1.92. The number of aliphatic carboxylic acids is 1. The van der Waals surface area contributed by atoms with Crippen molar-refractivity contribution in [2.24, 2.45) is 0 Å². The fourth-order valence-electron chi connectivity index (χ4n) is 0.458. The molecule has 0 unspecified atom stereocenters. The molecule has 1 N–H and O–H groups in total. The molecule has 0 saturated heterocycles. The van der Waals surface area contributed by atoms with Gasteiger partial charge in [-0.3, -0.25) is 4.79 Å². The normalized spacial score (nSPS) is 10.6. The molecule has 0 spiro atoms. The predicted octanol–water partition coefficient (Wildman–Crippen LogP) is 1.32. The van der Waals surface area contributed by atoms with Gasteiger partial charge in [-0.1, -0.05) is 11.6 Å². The molecule has 0 aliphatic rings. The second-order valence-corrected chi connectivity index (χ2v) is 1.98. The zero-order valence-electron chi connectivity index (χ0n) is 5.79. The fraction of sp³-hybridized carbons (Fsp3) is 0.429. The first kappa shape index (κ1) is 8.70. The summed E-state index contributed by atoms with van der Waals surface area (Å²) in [5, 5.41) is 16.4. The maximum Gasteiger partial charge on any atom is 0.307 e. The molecule has 0 aromatic rings. The minimum Gasteiger partial charge on any atom is -0.481 e. The predicted molar refractivity (Wildman–Crippen MR) is 36.2 cm³/mol. The maximum atomic E-state index is 9.98. The molecule has 0 bridgehead atoms. The highest BCUT2D eigenvalue weighted by Crippen LogP contribution is 1.99. The number of nitrogens with zero attached hydrogens (tertiary/aromatic N) is 1. The van der Waals surface area contributed by atoms with E-state index in [1.165, 1.54) is 0 Å². The van der Waals surface area contributed by atoms with E-state index in [9.17, 15) is 4.79 Å². The van der Waals surface area contributed by atoms with Gasteiger partial charge < -0.3 is 5.11 Å². The first-order valence-corrected chi connectivity index (χ1v) is 2.91. The number of carboxylic acid groups (broad SMARTS) is 1. The first-order chi connectivity index (χ1) is 4.66. The molecule has 0 aliphatic heterocycles. The van der Waals surface area contributed by atoms with Gasteiger partial charge in [0, 0.05) is 0 Å². The second-order valence-electron chi connectivity index (χ2n) is 1.98. The number of carbonyl (C=O) groups is 1. The quantitative estimate of drug-likeness (QED) is 0.600. The van der Waals surface area contributed by atoms with E-state index in [1.54, 1.807) is 13.0 Å². The molecular formula is C7H9NO2.